The minimum Gasteiger partial charge on any atom is -0.392 e. The van der Waals surface area contributed by atoms with Gasteiger partial charge in [0.15, 0.2) is 0 Å². The van der Waals surface area contributed by atoms with Gasteiger partial charge in [0.25, 0.3) is 0 Å². The summed E-state index contributed by atoms with van der Waals surface area (Å²) in [6.07, 6.45) is 6.82. The average molecular weight is 146 g/mol. The summed E-state index contributed by atoms with van der Waals surface area (Å²) in [6.45, 7) is 0. The molecule has 1 aliphatic rings. The lowest BCUT2D eigenvalue weighted by Gasteiger charge is -2.25. The molecule has 0 amide bonds. The monoisotopic (exact) mass is 146 g/mol. The Morgan fingerprint density at radius 1 is 1.33 bits per heavy atom. The second-order valence-electron chi connectivity index (χ2n) is 2.63. The highest BCUT2D eigenvalue weighted by Gasteiger charge is 2.21. The van der Waals surface area contributed by atoms with Gasteiger partial charge < -0.3 is 5.11 Å². The van der Waals surface area contributed by atoms with Crippen molar-refractivity contribution in [3.63, 3.8) is 0 Å². The number of rotatable bonds is 1. The van der Waals surface area contributed by atoms with Gasteiger partial charge in [0, 0.05) is 5.25 Å². The zero-order valence-corrected chi connectivity index (χ0v) is 6.66. The van der Waals surface area contributed by atoms with Gasteiger partial charge in [-0.25, -0.2) is 0 Å². The van der Waals surface area contributed by atoms with E-state index in [1.165, 1.54) is 19.3 Å². The summed E-state index contributed by atoms with van der Waals surface area (Å²) in [7, 11) is 0. The molecule has 1 nitrogen and oxygen atoms in total. The maximum Gasteiger partial charge on any atom is 0.0658 e. The van der Waals surface area contributed by atoms with Gasteiger partial charge in [-0.1, -0.05) is 12.8 Å². The largest absolute Gasteiger partial charge is 0.392 e. The van der Waals surface area contributed by atoms with Gasteiger partial charge in [0.05, 0.1) is 6.10 Å². The van der Waals surface area contributed by atoms with Crippen LogP contribution < -0.4 is 0 Å². The molecule has 0 saturated heterocycles. The topological polar surface area (TPSA) is 20.2 Å². The van der Waals surface area contributed by atoms with Crippen LogP contribution >= 0.6 is 11.8 Å². The predicted octanol–water partition coefficient (Wildman–Crippen LogP) is 1.65. The predicted molar refractivity (Wildman–Crippen MR) is 41.8 cm³/mol. The summed E-state index contributed by atoms with van der Waals surface area (Å²) in [5, 5.41) is 9.87. The van der Waals surface area contributed by atoms with Gasteiger partial charge >= 0.3 is 0 Å². The van der Waals surface area contributed by atoms with Crippen molar-refractivity contribution in [1.82, 2.24) is 0 Å². The third kappa shape index (κ3) is 1.87. The van der Waals surface area contributed by atoms with Crippen LogP contribution in [-0.2, 0) is 0 Å². The Morgan fingerprint density at radius 3 is 2.44 bits per heavy atom. The van der Waals surface area contributed by atoms with Crippen LogP contribution in [-0.4, -0.2) is 22.7 Å². The SMILES string of the molecule is CS[C@H]1CCCC[C@@H]1O. The van der Waals surface area contributed by atoms with E-state index < -0.39 is 0 Å². The average Bonchev–Trinajstić information content (AvgIpc) is 1.89. The van der Waals surface area contributed by atoms with Crippen LogP contribution in [0, 0.1) is 0 Å². The molecule has 0 heterocycles. The lowest BCUT2D eigenvalue weighted by molar-refractivity contribution is 0.137. The molecular weight excluding hydrogens is 132 g/mol. The molecule has 1 rings (SSSR count). The highest BCUT2D eigenvalue weighted by atomic mass is 32.2. The Balaban J connectivity index is 2.30. The van der Waals surface area contributed by atoms with Crippen molar-refractivity contribution in [1.29, 1.82) is 0 Å². The summed E-state index contributed by atoms with van der Waals surface area (Å²) in [5.74, 6) is 0. The molecule has 0 aromatic rings. The molecule has 9 heavy (non-hydrogen) atoms. The highest BCUT2D eigenvalue weighted by Crippen LogP contribution is 2.26. The zero-order valence-electron chi connectivity index (χ0n) is 5.84. The van der Waals surface area contributed by atoms with Crippen molar-refractivity contribution in [3.8, 4) is 0 Å². The van der Waals surface area contributed by atoms with Crippen molar-refractivity contribution < 1.29 is 5.11 Å². The molecule has 0 radical (unpaired) electrons. The first-order valence-corrected chi connectivity index (χ1v) is 4.84. The number of aliphatic hydroxyl groups is 1. The maximum atomic E-state index is 9.35. The van der Waals surface area contributed by atoms with E-state index in [1.807, 2.05) is 0 Å². The lowest BCUT2D eigenvalue weighted by atomic mass is 9.97. The molecule has 0 bridgehead atoms. The second-order valence-corrected chi connectivity index (χ2v) is 3.70. The Labute approximate surface area is 60.8 Å². The van der Waals surface area contributed by atoms with Crippen molar-refractivity contribution in [2.45, 2.75) is 37.0 Å². The van der Waals surface area contributed by atoms with Crippen LogP contribution in [0.5, 0.6) is 0 Å². The Morgan fingerprint density at radius 2 is 2.00 bits per heavy atom. The summed E-state index contributed by atoms with van der Waals surface area (Å²) in [5.41, 5.74) is 0. The smallest absolute Gasteiger partial charge is 0.0658 e. The third-order valence-electron chi connectivity index (χ3n) is 1.97. The fraction of sp³-hybridized carbons (Fsp3) is 1.00. The number of thioether (sulfide) groups is 1. The highest BCUT2D eigenvalue weighted by molar-refractivity contribution is 7.99. The zero-order chi connectivity index (χ0) is 6.69. The van der Waals surface area contributed by atoms with Crippen molar-refractivity contribution in [3.05, 3.63) is 0 Å². The van der Waals surface area contributed by atoms with Gasteiger partial charge in [0.1, 0.15) is 0 Å². The normalized spacial score (nSPS) is 36.7. The van der Waals surface area contributed by atoms with Gasteiger partial charge in [-0.15, -0.1) is 0 Å². The fourth-order valence-corrected chi connectivity index (χ4v) is 2.20. The first-order chi connectivity index (χ1) is 4.34. The van der Waals surface area contributed by atoms with Crippen LogP contribution in [0.4, 0.5) is 0 Å². The van der Waals surface area contributed by atoms with Crippen LogP contribution in [0.1, 0.15) is 25.7 Å². The van der Waals surface area contributed by atoms with E-state index in [-0.39, 0.29) is 6.10 Å². The van der Waals surface area contributed by atoms with E-state index in [2.05, 4.69) is 6.26 Å². The lowest BCUT2D eigenvalue weighted by Crippen LogP contribution is -2.26. The number of hydrogen-bond donors (Lipinski definition) is 1. The standard InChI is InChI=1S/C7H14OS/c1-9-7-5-3-2-4-6(7)8/h6-8H,2-5H2,1H3/t6-,7-/m0/s1. The van der Waals surface area contributed by atoms with Gasteiger partial charge in [-0.2, -0.15) is 11.8 Å². The van der Waals surface area contributed by atoms with Gasteiger partial charge in [-0.3, -0.25) is 0 Å². The van der Waals surface area contributed by atoms with Crippen molar-refractivity contribution in [2.75, 3.05) is 6.26 Å². The van der Waals surface area contributed by atoms with Crippen molar-refractivity contribution >= 4 is 11.8 Å². The summed E-state index contributed by atoms with van der Waals surface area (Å²) in [4.78, 5) is 0. The van der Waals surface area contributed by atoms with E-state index in [1.54, 1.807) is 11.8 Å². The first kappa shape index (κ1) is 7.42. The summed E-state index contributed by atoms with van der Waals surface area (Å²) in [6, 6.07) is 0. The third-order valence-corrected chi connectivity index (χ3v) is 3.13. The van der Waals surface area contributed by atoms with E-state index in [0.717, 1.165) is 6.42 Å². The quantitative estimate of drug-likeness (QED) is 0.607. The first-order valence-electron chi connectivity index (χ1n) is 3.55. The number of aliphatic hydroxyl groups excluding tert-OH is 1. The van der Waals surface area contributed by atoms with Crippen LogP contribution in [0.2, 0.25) is 0 Å². The van der Waals surface area contributed by atoms with Gasteiger partial charge in [-0.05, 0) is 19.1 Å². The fourth-order valence-electron chi connectivity index (χ4n) is 1.35. The van der Waals surface area contributed by atoms with Crippen LogP contribution in [0.3, 0.4) is 0 Å². The summed E-state index contributed by atoms with van der Waals surface area (Å²) < 4.78 is 0. The number of hydrogen-bond acceptors (Lipinski definition) is 2. The van der Waals surface area contributed by atoms with E-state index in [4.69, 9.17) is 0 Å². The minimum atomic E-state index is -0.0197. The molecule has 2 heteroatoms. The van der Waals surface area contributed by atoms with Crippen LogP contribution in [0.25, 0.3) is 0 Å². The molecule has 1 saturated carbocycles. The molecule has 0 spiro atoms. The molecule has 1 aliphatic carbocycles. The molecule has 1 N–H and O–H groups in total. The second kappa shape index (κ2) is 3.47. The minimum absolute atomic E-state index is 0.0197. The molecule has 0 aromatic heterocycles. The van der Waals surface area contributed by atoms with Gasteiger partial charge in [0.2, 0.25) is 0 Å². The Kier molecular flexibility index (Phi) is 2.86. The van der Waals surface area contributed by atoms with E-state index >= 15 is 0 Å². The molecule has 0 unspecified atom stereocenters. The Hall–Kier alpha value is 0.310. The molecular formula is C7H14OS. The molecule has 0 aliphatic heterocycles. The van der Waals surface area contributed by atoms with E-state index in [0.29, 0.717) is 5.25 Å². The van der Waals surface area contributed by atoms with Crippen molar-refractivity contribution in [2.24, 2.45) is 0 Å². The maximum absolute atomic E-state index is 9.35. The molecule has 1 fully saturated rings. The Bertz CT molecular complexity index is 85.0. The molecule has 54 valence electrons. The van der Waals surface area contributed by atoms with Crippen LogP contribution in [0.15, 0.2) is 0 Å². The van der Waals surface area contributed by atoms with E-state index in [9.17, 15) is 5.11 Å². The summed E-state index contributed by atoms with van der Waals surface area (Å²) >= 11 is 1.80. The molecule has 2 atom stereocenters. The molecule has 0 aromatic carbocycles.